The quantitative estimate of drug-likeness (QED) is 0.792. The molecule has 6 heteroatoms. The van der Waals surface area contributed by atoms with E-state index in [1.54, 1.807) is 0 Å². The highest BCUT2D eigenvalue weighted by atomic mass is 16.5. The van der Waals surface area contributed by atoms with Crippen molar-refractivity contribution in [3.05, 3.63) is 18.0 Å². The minimum Gasteiger partial charge on any atom is -0.378 e. The van der Waals surface area contributed by atoms with Gasteiger partial charge in [0.15, 0.2) is 0 Å². The van der Waals surface area contributed by atoms with E-state index in [1.807, 2.05) is 15.8 Å². The summed E-state index contributed by atoms with van der Waals surface area (Å²) >= 11 is 0. The molecule has 2 fully saturated rings. The molecule has 0 aromatic carbocycles. The van der Waals surface area contributed by atoms with E-state index in [4.69, 9.17) is 4.74 Å². The van der Waals surface area contributed by atoms with Crippen LogP contribution in [0.1, 0.15) is 57.6 Å². The van der Waals surface area contributed by atoms with Gasteiger partial charge in [0, 0.05) is 63.6 Å². The molecule has 1 unspecified atom stereocenters. The third kappa shape index (κ3) is 5.28. The first-order chi connectivity index (χ1) is 12.1. The Kier molecular flexibility index (Phi) is 6.48. The Morgan fingerprint density at radius 1 is 1.28 bits per heavy atom. The normalized spacial score (nSPS) is 22.5. The fraction of sp³-hybridized carbons (Fsp3) is 0.789. The van der Waals surface area contributed by atoms with Gasteiger partial charge in [-0.05, 0) is 39.5 Å². The minimum absolute atomic E-state index is 0.296. The SMILES string of the molecule is CC(C)n1cc(CN2CCCN(C(=O)CCC3CCCO3)CC2)cn1. The number of carbonyl (C=O) groups excluding carboxylic acids is 1. The van der Waals surface area contributed by atoms with Gasteiger partial charge < -0.3 is 9.64 Å². The Labute approximate surface area is 151 Å². The molecule has 0 saturated carbocycles. The van der Waals surface area contributed by atoms with Gasteiger partial charge in [0.1, 0.15) is 0 Å². The van der Waals surface area contributed by atoms with Crippen LogP contribution in [0.5, 0.6) is 0 Å². The zero-order valence-electron chi connectivity index (χ0n) is 15.7. The van der Waals surface area contributed by atoms with Crippen molar-refractivity contribution in [3.8, 4) is 0 Å². The predicted molar refractivity (Wildman–Crippen MR) is 97.3 cm³/mol. The van der Waals surface area contributed by atoms with Gasteiger partial charge >= 0.3 is 0 Å². The van der Waals surface area contributed by atoms with Crippen molar-refractivity contribution in [2.75, 3.05) is 32.8 Å². The fourth-order valence-electron chi connectivity index (χ4n) is 3.69. The van der Waals surface area contributed by atoms with Crippen LogP contribution in [0.4, 0.5) is 0 Å². The topological polar surface area (TPSA) is 50.6 Å². The summed E-state index contributed by atoms with van der Waals surface area (Å²) < 4.78 is 7.64. The maximum absolute atomic E-state index is 12.5. The lowest BCUT2D eigenvalue weighted by atomic mass is 10.1. The molecule has 0 radical (unpaired) electrons. The first kappa shape index (κ1) is 18.4. The van der Waals surface area contributed by atoms with Crippen molar-refractivity contribution in [1.29, 1.82) is 0 Å². The van der Waals surface area contributed by atoms with Crippen LogP contribution in [0.2, 0.25) is 0 Å². The average molecular weight is 348 g/mol. The number of carbonyl (C=O) groups is 1. The van der Waals surface area contributed by atoms with Crippen LogP contribution < -0.4 is 0 Å². The third-order valence-electron chi connectivity index (χ3n) is 5.24. The molecule has 3 rings (SSSR count). The lowest BCUT2D eigenvalue weighted by molar-refractivity contribution is -0.131. The van der Waals surface area contributed by atoms with Gasteiger partial charge in [-0.2, -0.15) is 5.10 Å². The maximum atomic E-state index is 12.5. The van der Waals surface area contributed by atoms with Crippen LogP contribution in [-0.2, 0) is 16.1 Å². The smallest absolute Gasteiger partial charge is 0.222 e. The van der Waals surface area contributed by atoms with Crippen molar-refractivity contribution < 1.29 is 9.53 Å². The van der Waals surface area contributed by atoms with Gasteiger partial charge in [0.25, 0.3) is 0 Å². The highest BCUT2D eigenvalue weighted by Crippen LogP contribution is 2.18. The van der Waals surface area contributed by atoms with Crippen LogP contribution in [0.15, 0.2) is 12.4 Å². The number of amides is 1. The molecular weight excluding hydrogens is 316 g/mol. The number of ether oxygens (including phenoxy) is 1. The molecule has 1 amide bonds. The summed E-state index contributed by atoms with van der Waals surface area (Å²) in [4.78, 5) is 17.0. The van der Waals surface area contributed by atoms with Gasteiger partial charge in [-0.1, -0.05) is 0 Å². The molecule has 140 valence electrons. The monoisotopic (exact) mass is 348 g/mol. The molecule has 2 saturated heterocycles. The van der Waals surface area contributed by atoms with Crippen LogP contribution in [0, 0.1) is 0 Å². The maximum Gasteiger partial charge on any atom is 0.222 e. The lowest BCUT2D eigenvalue weighted by Gasteiger charge is -2.22. The van der Waals surface area contributed by atoms with Gasteiger partial charge in [-0.3, -0.25) is 14.4 Å². The van der Waals surface area contributed by atoms with E-state index in [0.717, 1.165) is 65.0 Å². The van der Waals surface area contributed by atoms with E-state index in [0.29, 0.717) is 24.5 Å². The summed E-state index contributed by atoms with van der Waals surface area (Å²) in [5, 5.41) is 4.42. The highest BCUT2D eigenvalue weighted by molar-refractivity contribution is 5.76. The molecule has 1 aromatic rings. The summed E-state index contributed by atoms with van der Waals surface area (Å²) in [6, 6.07) is 0.398. The molecule has 0 bridgehead atoms. The first-order valence-corrected chi connectivity index (χ1v) is 9.76. The van der Waals surface area contributed by atoms with Gasteiger partial charge in [-0.15, -0.1) is 0 Å². The summed E-state index contributed by atoms with van der Waals surface area (Å²) in [5.74, 6) is 0.296. The number of aromatic nitrogens is 2. The molecule has 1 atom stereocenters. The predicted octanol–water partition coefficient (Wildman–Crippen LogP) is 2.46. The number of hydrogen-bond donors (Lipinski definition) is 0. The molecule has 1 aromatic heterocycles. The molecule has 3 heterocycles. The summed E-state index contributed by atoms with van der Waals surface area (Å²) in [7, 11) is 0. The molecule has 25 heavy (non-hydrogen) atoms. The molecule has 0 N–H and O–H groups in total. The van der Waals surface area contributed by atoms with Crippen LogP contribution in [0.3, 0.4) is 0 Å². The number of hydrogen-bond acceptors (Lipinski definition) is 4. The van der Waals surface area contributed by atoms with Crippen molar-refractivity contribution in [3.63, 3.8) is 0 Å². The highest BCUT2D eigenvalue weighted by Gasteiger charge is 2.22. The van der Waals surface area contributed by atoms with Gasteiger partial charge in [0.05, 0.1) is 12.3 Å². The van der Waals surface area contributed by atoms with Crippen molar-refractivity contribution in [1.82, 2.24) is 19.6 Å². The largest absolute Gasteiger partial charge is 0.378 e. The Morgan fingerprint density at radius 3 is 2.88 bits per heavy atom. The van der Waals surface area contributed by atoms with Crippen LogP contribution in [0.25, 0.3) is 0 Å². The number of nitrogens with zero attached hydrogens (tertiary/aromatic N) is 4. The Balaban J connectivity index is 1.43. The molecule has 6 nitrogen and oxygen atoms in total. The van der Waals surface area contributed by atoms with Crippen LogP contribution >= 0.6 is 0 Å². The van der Waals surface area contributed by atoms with Crippen molar-refractivity contribution in [2.45, 2.75) is 64.6 Å². The Hall–Kier alpha value is -1.40. The zero-order chi connectivity index (χ0) is 17.6. The molecular formula is C19H32N4O2. The van der Waals surface area contributed by atoms with E-state index >= 15 is 0 Å². The summed E-state index contributed by atoms with van der Waals surface area (Å²) in [6.07, 6.45) is 9.24. The average Bonchev–Trinajstić information content (AvgIpc) is 3.22. The second kappa shape index (κ2) is 8.81. The van der Waals surface area contributed by atoms with E-state index in [2.05, 4.69) is 30.0 Å². The summed E-state index contributed by atoms with van der Waals surface area (Å²) in [5.41, 5.74) is 1.26. The standard InChI is InChI=1S/C19H32N4O2/c1-16(2)23-15-17(13-20-23)14-21-8-4-9-22(11-10-21)19(24)7-6-18-5-3-12-25-18/h13,15-16,18H,3-12,14H2,1-2H3. The van der Waals surface area contributed by atoms with Gasteiger partial charge in [-0.25, -0.2) is 0 Å². The van der Waals surface area contributed by atoms with E-state index in [1.165, 1.54) is 5.56 Å². The second-order valence-electron chi connectivity index (χ2n) is 7.61. The van der Waals surface area contributed by atoms with Crippen molar-refractivity contribution in [2.24, 2.45) is 0 Å². The van der Waals surface area contributed by atoms with Gasteiger partial charge in [0.2, 0.25) is 5.91 Å². The van der Waals surface area contributed by atoms with E-state index in [9.17, 15) is 4.79 Å². The Bertz CT molecular complexity index is 551. The third-order valence-corrected chi connectivity index (χ3v) is 5.24. The number of rotatable bonds is 6. The van der Waals surface area contributed by atoms with Crippen LogP contribution in [-0.4, -0.2) is 64.4 Å². The minimum atomic E-state index is 0.296. The molecule has 0 spiro atoms. The fourth-order valence-corrected chi connectivity index (χ4v) is 3.69. The first-order valence-electron chi connectivity index (χ1n) is 9.76. The lowest BCUT2D eigenvalue weighted by Crippen LogP contribution is -2.35. The Morgan fingerprint density at radius 2 is 2.16 bits per heavy atom. The zero-order valence-corrected chi connectivity index (χ0v) is 15.7. The molecule has 2 aliphatic rings. The van der Waals surface area contributed by atoms with E-state index in [-0.39, 0.29) is 0 Å². The molecule has 2 aliphatic heterocycles. The second-order valence-corrected chi connectivity index (χ2v) is 7.61. The van der Waals surface area contributed by atoms with Crippen molar-refractivity contribution >= 4 is 5.91 Å². The molecule has 0 aliphatic carbocycles. The van der Waals surface area contributed by atoms with E-state index < -0.39 is 0 Å². The summed E-state index contributed by atoms with van der Waals surface area (Å²) in [6.45, 7) is 9.77.